The first-order valence-electron chi connectivity index (χ1n) is 7.22. The number of nitrogens with one attached hydrogen (secondary N) is 2. The fourth-order valence-corrected chi connectivity index (χ4v) is 1.95. The third kappa shape index (κ3) is 4.54. The summed E-state index contributed by atoms with van der Waals surface area (Å²) in [6.07, 6.45) is 1.57. The molecule has 0 aliphatic heterocycles. The molecule has 2 N–H and O–H groups in total. The van der Waals surface area contributed by atoms with Crippen LogP contribution in [0.5, 0.6) is 0 Å². The normalized spacial score (nSPS) is 10.3. The second-order valence-electron chi connectivity index (χ2n) is 5.26. The molecule has 0 unspecified atom stereocenters. The molecule has 0 spiro atoms. The zero-order valence-electron chi connectivity index (χ0n) is 13.3. The van der Waals surface area contributed by atoms with Crippen LogP contribution < -0.4 is 10.6 Å². The van der Waals surface area contributed by atoms with Crippen molar-refractivity contribution in [2.75, 3.05) is 12.4 Å². The first-order chi connectivity index (χ1) is 11.0. The lowest BCUT2D eigenvalue weighted by molar-refractivity contribution is 0.0600. The molecule has 2 aromatic rings. The van der Waals surface area contributed by atoms with Crippen LogP contribution in [0.1, 0.15) is 34.7 Å². The lowest BCUT2D eigenvalue weighted by atomic mass is 10.2. The minimum absolute atomic E-state index is 0.0585. The Morgan fingerprint density at radius 1 is 1.13 bits per heavy atom. The maximum Gasteiger partial charge on any atom is 0.337 e. The van der Waals surface area contributed by atoms with Gasteiger partial charge in [0.2, 0.25) is 0 Å². The van der Waals surface area contributed by atoms with Gasteiger partial charge in [-0.3, -0.25) is 4.79 Å². The van der Waals surface area contributed by atoms with Crippen molar-refractivity contribution in [3.63, 3.8) is 0 Å². The number of amides is 1. The van der Waals surface area contributed by atoms with Crippen molar-refractivity contribution in [1.82, 2.24) is 10.3 Å². The van der Waals surface area contributed by atoms with Crippen LogP contribution in [-0.2, 0) is 4.74 Å². The molecule has 6 nitrogen and oxygen atoms in total. The zero-order valence-corrected chi connectivity index (χ0v) is 13.3. The van der Waals surface area contributed by atoms with Crippen molar-refractivity contribution in [3.8, 4) is 0 Å². The van der Waals surface area contributed by atoms with Gasteiger partial charge in [-0.1, -0.05) is 6.07 Å². The minimum Gasteiger partial charge on any atom is -0.465 e. The van der Waals surface area contributed by atoms with Gasteiger partial charge < -0.3 is 15.4 Å². The van der Waals surface area contributed by atoms with Crippen LogP contribution in [0.2, 0.25) is 0 Å². The number of pyridine rings is 1. The summed E-state index contributed by atoms with van der Waals surface area (Å²) in [6.45, 7) is 3.78. The van der Waals surface area contributed by atoms with Crippen LogP contribution in [0, 0.1) is 0 Å². The Labute approximate surface area is 134 Å². The van der Waals surface area contributed by atoms with Gasteiger partial charge in [-0.25, -0.2) is 9.78 Å². The van der Waals surface area contributed by atoms with Crippen molar-refractivity contribution in [1.29, 1.82) is 0 Å². The highest BCUT2D eigenvalue weighted by atomic mass is 16.5. The first kappa shape index (κ1) is 16.5. The van der Waals surface area contributed by atoms with Crippen molar-refractivity contribution in [2.24, 2.45) is 0 Å². The van der Waals surface area contributed by atoms with Crippen LogP contribution in [-0.4, -0.2) is 30.0 Å². The Kier molecular flexibility index (Phi) is 5.30. The Morgan fingerprint density at radius 3 is 2.52 bits per heavy atom. The molecule has 0 atom stereocenters. The van der Waals surface area contributed by atoms with E-state index in [1.807, 2.05) is 19.9 Å². The van der Waals surface area contributed by atoms with E-state index in [9.17, 15) is 9.59 Å². The average Bonchev–Trinajstić information content (AvgIpc) is 2.54. The highest BCUT2D eigenvalue weighted by molar-refractivity contribution is 5.93. The smallest absolute Gasteiger partial charge is 0.337 e. The van der Waals surface area contributed by atoms with Crippen LogP contribution in [0.15, 0.2) is 42.6 Å². The third-order valence-electron chi connectivity index (χ3n) is 2.99. The van der Waals surface area contributed by atoms with E-state index in [0.29, 0.717) is 16.9 Å². The summed E-state index contributed by atoms with van der Waals surface area (Å²) >= 11 is 0. The van der Waals surface area contributed by atoms with Crippen molar-refractivity contribution < 1.29 is 14.3 Å². The van der Waals surface area contributed by atoms with E-state index >= 15 is 0 Å². The first-order valence-corrected chi connectivity index (χ1v) is 7.22. The molecular weight excluding hydrogens is 294 g/mol. The molecule has 0 aliphatic rings. The number of ether oxygens (including phenoxy) is 1. The predicted octanol–water partition coefficient (Wildman–Crippen LogP) is 2.75. The minimum atomic E-state index is -0.396. The van der Waals surface area contributed by atoms with E-state index in [1.54, 1.807) is 36.5 Å². The summed E-state index contributed by atoms with van der Waals surface area (Å²) in [6, 6.07) is 10.4. The predicted molar refractivity (Wildman–Crippen MR) is 87.9 cm³/mol. The van der Waals surface area contributed by atoms with Gasteiger partial charge in [-0.15, -0.1) is 0 Å². The largest absolute Gasteiger partial charge is 0.465 e. The monoisotopic (exact) mass is 313 g/mol. The second kappa shape index (κ2) is 7.40. The number of anilines is 2. The van der Waals surface area contributed by atoms with Crippen molar-refractivity contribution in [2.45, 2.75) is 19.9 Å². The number of rotatable bonds is 5. The number of esters is 1. The highest BCUT2D eigenvalue weighted by Gasteiger charge is 2.09. The number of carbonyl (C=O) groups is 2. The lowest BCUT2D eigenvalue weighted by Gasteiger charge is -2.10. The molecule has 0 fully saturated rings. The molecule has 0 bridgehead atoms. The van der Waals surface area contributed by atoms with Gasteiger partial charge in [0.15, 0.2) is 0 Å². The van der Waals surface area contributed by atoms with Gasteiger partial charge in [0.25, 0.3) is 5.91 Å². The summed E-state index contributed by atoms with van der Waals surface area (Å²) in [5, 5.41) is 5.91. The molecule has 6 heteroatoms. The maximum absolute atomic E-state index is 11.8. The van der Waals surface area contributed by atoms with Gasteiger partial charge in [-0.2, -0.15) is 0 Å². The molecule has 1 heterocycles. The van der Waals surface area contributed by atoms with Gasteiger partial charge in [0, 0.05) is 11.7 Å². The summed E-state index contributed by atoms with van der Waals surface area (Å²) < 4.78 is 4.69. The zero-order chi connectivity index (χ0) is 16.8. The molecule has 120 valence electrons. The average molecular weight is 313 g/mol. The molecule has 1 aromatic heterocycles. The molecule has 23 heavy (non-hydrogen) atoms. The Bertz CT molecular complexity index is 696. The molecule has 2 rings (SSSR count). The van der Waals surface area contributed by atoms with Crippen LogP contribution in [0.4, 0.5) is 11.4 Å². The molecule has 0 radical (unpaired) electrons. The van der Waals surface area contributed by atoms with Gasteiger partial charge in [0.1, 0.15) is 5.69 Å². The number of aromatic nitrogens is 1. The van der Waals surface area contributed by atoms with Gasteiger partial charge in [0.05, 0.1) is 24.6 Å². The maximum atomic E-state index is 11.8. The second-order valence-corrected chi connectivity index (χ2v) is 5.26. The van der Waals surface area contributed by atoms with Crippen LogP contribution >= 0.6 is 0 Å². The Balaban J connectivity index is 2.09. The number of methoxy groups -OCH3 is 1. The highest BCUT2D eigenvalue weighted by Crippen LogP contribution is 2.17. The quantitative estimate of drug-likeness (QED) is 0.830. The standard InChI is InChI=1S/C17H19N3O3/c1-11(2)19-16(21)15-8-7-14(10-18-15)20-13-6-4-5-12(9-13)17(22)23-3/h4-11,20H,1-3H3,(H,19,21). The fraction of sp³-hybridized carbons (Fsp3) is 0.235. The van der Waals surface area contributed by atoms with Crippen LogP contribution in [0.25, 0.3) is 0 Å². The van der Waals surface area contributed by atoms with Crippen molar-refractivity contribution in [3.05, 3.63) is 53.9 Å². The van der Waals surface area contributed by atoms with Gasteiger partial charge in [-0.05, 0) is 44.2 Å². The number of nitrogens with zero attached hydrogens (tertiary/aromatic N) is 1. The van der Waals surface area contributed by atoms with E-state index in [-0.39, 0.29) is 11.9 Å². The topological polar surface area (TPSA) is 80.3 Å². The molecular formula is C17H19N3O3. The van der Waals surface area contributed by atoms with E-state index in [1.165, 1.54) is 7.11 Å². The Morgan fingerprint density at radius 2 is 1.91 bits per heavy atom. The molecule has 0 saturated heterocycles. The van der Waals surface area contributed by atoms with E-state index in [4.69, 9.17) is 4.74 Å². The number of hydrogen-bond acceptors (Lipinski definition) is 5. The molecule has 1 amide bonds. The summed E-state index contributed by atoms with van der Waals surface area (Å²) in [7, 11) is 1.34. The number of hydrogen-bond donors (Lipinski definition) is 2. The van der Waals surface area contributed by atoms with E-state index in [0.717, 1.165) is 5.69 Å². The summed E-state index contributed by atoms with van der Waals surface area (Å²) in [5.74, 6) is -0.605. The fourth-order valence-electron chi connectivity index (χ4n) is 1.95. The summed E-state index contributed by atoms with van der Waals surface area (Å²) in [4.78, 5) is 27.5. The van der Waals surface area contributed by atoms with Crippen molar-refractivity contribution >= 4 is 23.3 Å². The lowest BCUT2D eigenvalue weighted by Crippen LogP contribution is -2.30. The molecule has 0 aliphatic carbocycles. The van der Waals surface area contributed by atoms with Crippen LogP contribution in [0.3, 0.4) is 0 Å². The summed E-state index contributed by atoms with van der Waals surface area (Å²) in [5.41, 5.74) is 2.26. The Hall–Kier alpha value is -2.89. The van der Waals surface area contributed by atoms with E-state index < -0.39 is 5.97 Å². The third-order valence-corrected chi connectivity index (χ3v) is 2.99. The van der Waals surface area contributed by atoms with E-state index in [2.05, 4.69) is 15.6 Å². The molecule has 0 saturated carbocycles. The number of benzene rings is 1. The van der Waals surface area contributed by atoms with Gasteiger partial charge >= 0.3 is 5.97 Å². The number of carbonyl (C=O) groups excluding carboxylic acids is 2. The molecule has 1 aromatic carbocycles. The SMILES string of the molecule is COC(=O)c1cccc(Nc2ccc(C(=O)NC(C)C)nc2)c1.